The first-order valence-corrected chi connectivity index (χ1v) is 11.8. The van der Waals surface area contributed by atoms with Crippen molar-refractivity contribution in [2.75, 3.05) is 18.0 Å². The van der Waals surface area contributed by atoms with Crippen LogP contribution in [0.5, 0.6) is 0 Å². The van der Waals surface area contributed by atoms with E-state index in [2.05, 4.69) is 32.6 Å². The average molecular weight is 397 g/mol. The van der Waals surface area contributed by atoms with Crippen LogP contribution >= 0.6 is 11.3 Å². The Morgan fingerprint density at radius 1 is 1.11 bits per heavy atom. The Bertz CT molecular complexity index is 976. The van der Waals surface area contributed by atoms with Crippen LogP contribution in [0.2, 0.25) is 0 Å². The lowest BCUT2D eigenvalue weighted by molar-refractivity contribution is 0.615. The van der Waals surface area contributed by atoms with Gasteiger partial charge in [0.2, 0.25) is 0 Å². The average Bonchev–Trinajstić information content (AvgIpc) is 3.07. The molecule has 0 N–H and O–H groups in total. The van der Waals surface area contributed by atoms with E-state index in [0.29, 0.717) is 5.92 Å². The normalized spacial score (nSPS) is 14.2. The van der Waals surface area contributed by atoms with E-state index in [4.69, 9.17) is 15.0 Å². The van der Waals surface area contributed by atoms with Crippen LogP contribution in [0.3, 0.4) is 0 Å². The van der Waals surface area contributed by atoms with E-state index in [1.54, 1.807) is 17.7 Å². The van der Waals surface area contributed by atoms with Crippen molar-refractivity contribution in [3.63, 3.8) is 0 Å². The Labute approximate surface area is 172 Å². The first kappa shape index (κ1) is 19.6. The summed E-state index contributed by atoms with van der Waals surface area (Å²) in [7, 11) is 0. The molecule has 0 saturated carbocycles. The van der Waals surface area contributed by atoms with E-state index in [-0.39, 0.29) is 0 Å². The van der Waals surface area contributed by atoms with Crippen molar-refractivity contribution in [2.24, 2.45) is 5.92 Å². The predicted octanol–water partition coefficient (Wildman–Crippen LogP) is 5.94. The maximum atomic E-state index is 5.19. The van der Waals surface area contributed by atoms with Crippen molar-refractivity contribution < 1.29 is 0 Å². The van der Waals surface area contributed by atoms with Gasteiger partial charge >= 0.3 is 0 Å². The van der Waals surface area contributed by atoms with Crippen LogP contribution in [0.15, 0.2) is 6.33 Å². The van der Waals surface area contributed by atoms with Crippen molar-refractivity contribution in [1.29, 1.82) is 0 Å². The van der Waals surface area contributed by atoms with Crippen LogP contribution < -0.4 is 4.90 Å². The van der Waals surface area contributed by atoms with Crippen LogP contribution in [0.1, 0.15) is 70.2 Å². The van der Waals surface area contributed by atoms with E-state index >= 15 is 0 Å². The van der Waals surface area contributed by atoms with Crippen molar-refractivity contribution in [3.8, 4) is 0 Å². The summed E-state index contributed by atoms with van der Waals surface area (Å²) in [6, 6.07) is 0. The largest absolute Gasteiger partial charge is 0.356 e. The molecule has 0 radical (unpaired) electrons. The topological polar surface area (TPSA) is 41.9 Å². The minimum atomic E-state index is 0.630. The standard InChI is InChI=1S/C23H32N4S/c1-5-7-12-27(6-2)22-21-20(24-14-25-22)19-17-11-9-8-10-16(17)18(13-15(3)4)26-23(19)28-21/h14-15H,5-13H2,1-4H3. The molecule has 3 aromatic heterocycles. The molecule has 1 aliphatic rings. The summed E-state index contributed by atoms with van der Waals surface area (Å²) >= 11 is 1.80. The fourth-order valence-electron chi connectivity index (χ4n) is 4.47. The fraction of sp³-hybridized carbons (Fsp3) is 0.609. The van der Waals surface area contributed by atoms with Gasteiger partial charge in [0.25, 0.3) is 0 Å². The zero-order valence-corrected chi connectivity index (χ0v) is 18.5. The Kier molecular flexibility index (Phi) is 5.81. The van der Waals surface area contributed by atoms with Gasteiger partial charge in [-0.2, -0.15) is 0 Å². The van der Waals surface area contributed by atoms with Crippen LogP contribution in [0.4, 0.5) is 5.82 Å². The highest BCUT2D eigenvalue weighted by Gasteiger charge is 2.24. The predicted molar refractivity (Wildman–Crippen MR) is 121 cm³/mol. The molecule has 4 nitrogen and oxygen atoms in total. The van der Waals surface area contributed by atoms with Gasteiger partial charge in [0.15, 0.2) is 0 Å². The number of pyridine rings is 1. The van der Waals surface area contributed by atoms with Gasteiger partial charge in [0, 0.05) is 24.2 Å². The molecule has 0 aliphatic heterocycles. The molecule has 0 bridgehead atoms. The third-order valence-corrected chi connectivity index (χ3v) is 6.92. The molecule has 28 heavy (non-hydrogen) atoms. The molecule has 0 saturated heterocycles. The molecular weight excluding hydrogens is 364 g/mol. The summed E-state index contributed by atoms with van der Waals surface area (Å²) in [6.45, 7) is 11.1. The number of aromatic nitrogens is 3. The molecule has 1 aliphatic carbocycles. The zero-order valence-electron chi connectivity index (χ0n) is 17.7. The Hall–Kier alpha value is -1.75. The highest BCUT2D eigenvalue weighted by Crippen LogP contribution is 2.41. The maximum absolute atomic E-state index is 5.19. The van der Waals surface area contributed by atoms with Crippen molar-refractivity contribution in [1.82, 2.24) is 15.0 Å². The Morgan fingerprint density at radius 2 is 1.89 bits per heavy atom. The molecule has 0 unspecified atom stereocenters. The van der Waals surface area contributed by atoms with Gasteiger partial charge in [-0.1, -0.05) is 27.2 Å². The highest BCUT2D eigenvalue weighted by atomic mass is 32.1. The van der Waals surface area contributed by atoms with E-state index in [0.717, 1.165) is 37.3 Å². The molecule has 0 spiro atoms. The number of rotatable bonds is 7. The van der Waals surface area contributed by atoms with E-state index in [1.165, 1.54) is 63.8 Å². The van der Waals surface area contributed by atoms with Gasteiger partial charge in [-0.15, -0.1) is 11.3 Å². The second-order valence-corrected chi connectivity index (χ2v) is 9.41. The molecule has 0 amide bonds. The zero-order chi connectivity index (χ0) is 19.7. The summed E-state index contributed by atoms with van der Waals surface area (Å²) in [6.07, 6.45) is 10.1. The monoisotopic (exact) mass is 396 g/mol. The number of hydrogen-bond donors (Lipinski definition) is 0. The quantitative estimate of drug-likeness (QED) is 0.495. The number of unbranched alkanes of at least 4 members (excludes halogenated alkanes) is 1. The van der Waals surface area contributed by atoms with E-state index in [1.807, 2.05) is 0 Å². The van der Waals surface area contributed by atoms with Crippen LogP contribution in [-0.4, -0.2) is 28.0 Å². The third kappa shape index (κ3) is 3.49. The second-order valence-electron chi connectivity index (χ2n) is 8.41. The van der Waals surface area contributed by atoms with Crippen molar-refractivity contribution in [2.45, 2.75) is 72.6 Å². The maximum Gasteiger partial charge on any atom is 0.150 e. The minimum Gasteiger partial charge on any atom is -0.356 e. The smallest absolute Gasteiger partial charge is 0.150 e. The van der Waals surface area contributed by atoms with Gasteiger partial charge in [0.1, 0.15) is 17.0 Å². The summed E-state index contributed by atoms with van der Waals surface area (Å²) in [5.74, 6) is 1.73. The first-order chi connectivity index (χ1) is 13.6. The van der Waals surface area contributed by atoms with Gasteiger partial charge in [-0.3, -0.25) is 0 Å². The second kappa shape index (κ2) is 8.32. The number of aryl methyl sites for hydroxylation is 1. The van der Waals surface area contributed by atoms with Gasteiger partial charge in [-0.25, -0.2) is 15.0 Å². The molecule has 150 valence electrons. The number of anilines is 1. The van der Waals surface area contributed by atoms with Gasteiger partial charge in [0.05, 0.1) is 10.2 Å². The minimum absolute atomic E-state index is 0.630. The van der Waals surface area contributed by atoms with Crippen molar-refractivity contribution in [3.05, 3.63) is 23.1 Å². The molecular formula is C23H32N4S. The molecule has 0 fully saturated rings. The molecule has 3 heterocycles. The Balaban J connectivity index is 1.93. The number of thiophene rings is 1. The summed E-state index contributed by atoms with van der Waals surface area (Å²) in [4.78, 5) is 18.2. The van der Waals surface area contributed by atoms with Crippen LogP contribution in [0, 0.1) is 5.92 Å². The van der Waals surface area contributed by atoms with Crippen LogP contribution in [-0.2, 0) is 19.3 Å². The lowest BCUT2D eigenvalue weighted by atomic mass is 9.87. The third-order valence-electron chi connectivity index (χ3n) is 5.85. The molecule has 4 rings (SSSR count). The molecule has 0 aromatic carbocycles. The lowest BCUT2D eigenvalue weighted by Gasteiger charge is -2.22. The summed E-state index contributed by atoms with van der Waals surface area (Å²) in [5, 5.41) is 1.32. The van der Waals surface area contributed by atoms with Gasteiger partial charge < -0.3 is 4.90 Å². The fourth-order valence-corrected chi connectivity index (χ4v) is 5.67. The molecule has 3 aromatic rings. The number of hydrogen-bond acceptors (Lipinski definition) is 5. The highest BCUT2D eigenvalue weighted by molar-refractivity contribution is 7.26. The number of nitrogens with zero attached hydrogens (tertiary/aromatic N) is 4. The van der Waals surface area contributed by atoms with E-state index < -0.39 is 0 Å². The van der Waals surface area contributed by atoms with Crippen LogP contribution in [0.25, 0.3) is 20.4 Å². The lowest BCUT2D eigenvalue weighted by Crippen LogP contribution is -2.24. The molecule has 5 heteroatoms. The molecule has 0 atom stereocenters. The van der Waals surface area contributed by atoms with Crippen molar-refractivity contribution >= 4 is 37.6 Å². The Morgan fingerprint density at radius 3 is 2.61 bits per heavy atom. The first-order valence-electron chi connectivity index (χ1n) is 11.0. The summed E-state index contributed by atoms with van der Waals surface area (Å²) < 4.78 is 1.22. The summed E-state index contributed by atoms with van der Waals surface area (Å²) in [5.41, 5.74) is 5.50. The van der Waals surface area contributed by atoms with E-state index in [9.17, 15) is 0 Å². The SMILES string of the molecule is CCCCN(CC)c1ncnc2c1sc1nc(CC(C)C)c3c(c12)CCCC3. The number of fused-ring (bicyclic) bond motifs is 5. The van der Waals surface area contributed by atoms with Gasteiger partial charge in [-0.05, 0) is 62.5 Å².